The molecule has 1 aliphatic carbocycles. The predicted octanol–water partition coefficient (Wildman–Crippen LogP) is 1.90. The Bertz CT molecular complexity index is 501. The van der Waals surface area contributed by atoms with Crippen molar-refractivity contribution in [1.82, 2.24) is 10.6 Å². The summed E-state index contributed by atoms with van der Waals surface area (Å²) < 4.78 is 0. The minimum Gasteiger partial charge on any atom is -0.480 e. The van der Waals surface area contributed by atoms with Gasteiger partial charge in [-0.15, -0.1) is 0 Å². The normalized spacial score (nSPS) is 23.3. The molecule has 0 aromatic heterocycles. The van der Waals surface area contributed by atoms with Crippen LogP contribution in [-0.4, -0.2) is 41.5 Å². The number of rotatable bonds is 10. The Hall–Kier alpha value is -1.63. The van der Waals surface area contributed by atoms with E-state index >= 15 is 0 Å². The van der Waals surface area contributed by atoms with Gasteiger partial charge in [-0.1, -0.05) is 34.1 Å². The maximum Gasteiger partial charge on any atom is 0.326 e. The van der Waals surface area contributed by atoms with Crippen molar-refractivity contribution in [2.24, 2.45) is 29.4 Å². The first kappa shape index (κ1) is 23.4. The molecule has 1 fully saturated rings. The zero-order valence-corrected chi connectivity index (χ0v) is 17.2. The number of nitrogens with one attached hydrogen (secondary N) is 2. The van der Waals surface area contributed by atoms with Crippen molar-refractivity contribution in [3.05, 3.63) is 0 Å². The first-order valence-electron chi connectivity index (χ1n) is 10.2. The average Bonchev–Trinajstić information content (AvgIpc) is 2.64. The van der Waals surface area contributed by atoms with Crippen LogP contribution >= 0.6 is 0 Å². The van der Waals surface area contributed by atoms with Gasteiger partial charge in [-0.25, -0.2) is 4.79 Å². The zero-order chi connectivity index (χ0) is 20.6. The van der Waals surface area contributed by atoms with E-state index in [0.29, 0.717) is 18.9 Å². The monoisotopic (exact) mass is 383 g/mol. The van der Waals surface area contributed by atoms with Crippen LogP contribution in [0, 0.1) is 23.7 Å². The van der Waals surface area contributed by atoms with Crippen LogP contribution in [0.25, 0.3) is 0 Å². The van der Waals surface area contributed by atoms with Crippen molar-refractivity contribution in [2.75, 3.05) is 6.54 Å². The Kier molecular flexibility index (Phi) is 9.77. The molecule has 0 spiro atoms. The molecule has 1 saturated carbocycles. The second kappa shape index (κ2) is 11.3. The van der Waals surface area contributed by atoms with Gasteiger partial charge in [0.15, 0.2) is 0 Å². The lowest BCUT2D eigenvalue weighted by Crippen LogP contribution is -2.47. The third-order valence-electron chi connectivity index (χ3n) is 5.66. The van der Waals surface area contributed by atoms with E-state index in [4.69, 9.17) is 5.73 Å². The highest BCUT2D eigenvalue weighted by molar-refractivity contribution is 5.85. The fourth-order valence-electron chi connectivity index (χ4n) is 3.49. The van der Waals surface area contributed by atoms with Crippen LogP contribution in [0.3, 0.4) is 0 Å². The summed E-state index contributed by atoms with van der Waals surface area (Å²) in [6.07, 6.45) is 4.43. The molecule has 0 bridgehead atoms. The number of aliphatic carboxylic acids is 1. The summed E-state index contributed by atoms with van der Waals surface area (Å²) in [5.41, 5.74) is 5.94. The van der Waals surface area contributed by atoms with Crippen molar-refractivity contribution < 1.29 is 19.5 Å². The van der Waals surface area contributed by atoms with E-state index in [1.807, 2.05) is 27.7 Å². The van der Waals surface area contributed by atoms with Gasteiger partial charge in [-0.3, -0.25) is 9.59 Å². The third-order valence-corrected chi connectivity index (χ3v) is 5.66. The standard InChI is InChI=1S/C20H37N3O4/c1-5-13(4)17(21)19(25)22-11-14-6-8-15(9-7-14)18(24)23-16(20(26)27)10-12(2)3/h12-17H,5-11,21H2,1-4H3,(H,22,25)(H,23,24)(H,26,27). The molecule has 3 atom stereocenters. The first-order valence-corrected chi connectivity index (χ1v) is 10.2. The van der Waals surface area contributed by atoms with Crippen molar-refractivity contribution in [3.8, 4) is 0 Å². The molecule has 0 heterocycles. The molecule has 156 valence electrons. The van der Waals surface area contributed by atoms with Crippen LogP contribution < -0.4 is 16.4 Å². The molecule has 0 aromatic rings. The zero-order valence-electron chi connectivity index (χ0n) is 17.2. The minimum absolute atomic E-state index is 0.109. The summed E-state index contributed by atoms with van der Waals surface area (Å²) in [5.74, 6) is -0.705. The molecule has 27 heavy (non-hydrogen) atoms. The van der Waals surface area contributed by atoms with Crippen molar-refractivity contribution in [1.29, 1.82) is 0 Å². The van der Waals surface area contributed by atoms with E-state index in [-0.39, 0.29) is 29.6 Å². The van der Waals surface area contributed by atoms with Gasteiger partial charge in [-0.2, -0.15) is 0 Å². The summed E-state index contributed by atoms with van der Waals surface area (Å²) in [6, 6.07) is -1.30. The Morgan fingerprint density at radius 2 is 1.70 bits per heavy atom. The van der Waals surface area contributed by atoms with E-state index in [0.717, 1.165) is 32.1 Å². The number of carbonyl (C=O) groups excluding carboxylic acids is 2. The Labute approximate surface area is 162 Å². The van der Waals surface area contributed by atoms with Crippen LogP contribution in [-0.2, 0) is 14.4 Å². The predicted molar refractivity (Wildman–Crippen MR) is 105 cm³/mol. The molecule has 0 aliphatic heterocycles. The lowest BCUT2D eigenvalue weighted by atomic mass is 9.81. The first-order chi connectivity index (χ1) is 12.6. The highest BCUT2D eigenvalue weighted by Crippen LogP contribution is 2.28. The van der Waals surface area contributed by atoms with Gasteiger partial charge in [-0.05, 0) is 49.9 Å². The van der Waals surface area contributed by atoms with Crippen molar-refractivity contribution >= 4 is 17.8 Å². The quantitative estimate of drug-likeness (QED) is 0.459. The van der Waals surface area contributed by atoms with Crippen LogP contribution in [0.1, 0.15) is 66.2 Å². The topological polar surface area (TPSA) is 122 Å². The second-order valence-corrected chi connectivity index (χ2v) is 8.40. The van der Waals surface area contributed by atoms with Gasteiger partial charge in [0.1, 0.15) is 6.04 Å². The number of carboxylic acid groups (broad SMARTS) is 1. The molecule has 5 N–H and O–H groups in total. The lowest BCUT2D eigenvalue weighted by Gasteiger charge is -2.29. The van der Waals surface area contributed by atoms with Gasteiger partial charge in [0.2, 0.25) is 11.8 Å². The summed E-state index contributed by atoms with van der Waals surface area (Å²) in [6.45, 7) is 8.45. The molecular formula is C20H37N3O4. The van der Waals surface area contributed by atoms with E-state index < -0.39 is 18.1 Å². The molecule has 2 amide bonds. The molecule has 7 nitrogen and oxygen atoms in total. The summed E-state index contributed by atoms with van der Waals surface area (Å²) in [7, 11) is 0. The fraction of sp³-hybridized carbons (Fsp3) is 0.850. The van der Waals surface area contributed by atoms with E-state index in [1.165, 1.54) is 0 Å². The van der Waals surface area contributed by atoms with Crippen molar-refractivity contribution in [3.63, 3.8) is 0 Å². The number of hydrogen-bond acceptors (Lipinski definition) is 4. The molecule has 0 radical (unpaired) electrons. The molecule has 3 unspecified atom stereocenters. The fourth-order valence-corrected chi connectivity index (χ4v) is 3.49. The molecule has 0 aromatic carbocycles. The summed E-state index contributed by atoms with van der Waals surface area (Å²) >= 11 is 0. The summed E-state index contributed by atoms with van der Waals surface area (Å²) in [5, 5.41) is 14.9. The number of hydrogen-bond donors (Lipinski definition) is 4. The number of nitrogens with two attached hydrogens (primary N) is 1. The molecule has 7 heteroatoms. The largest absolute Gasteiger partial charge is 0.480 e. The molecular weight excluding hydrogens is 346 g/mol. The van der Waals surface area contributed by atoms with Gasteiger partial charge >= 0.3 is 5.97 Å². The molecule has 0 saturated heterocycles. The highest BCUT2D eigenvalue weighted by Gasteiger charge is 2.30. The van der Waals surface area contributed by atoms with Gasteiger partial charge in [0.05, 0.1) is 6.04 Å². The van der Waals surface area contributed by atoms with E-state index in [1.54, 1.807) is 0 Å². The number of carbonyl (C=O) groups is 3. The average molecular weight is 384 g/mol. The SMILES string of the molecule is CCC(C)C(N)C(=O)NCC1CCC(C(=O)NC(CC(C)C)C(=O)O)CC1. The number of carboxylic acids is 1. The minimum atomic E-state index is -0.980. The van der Waals surface area contributed by atoms with Crippen LogP contribution in [0.2, 0.25) is 0 Å². The van der Waals surface area contributed by atoms with Crippen LogP contribution in [0.5, 0.6) is 0 Å². The highest BCUT2D eigenvalue weighted by atomic mass is 16.4. The van der Waals surface area contributed by atoms with Gasteiger partial charge in [0.25, 0.3) is 0 Å². The van der Waals surface area contributed by atoms with E-state index in [9.17, 15) is 19.5 Å². The summed E-state index contributed by atoms with van der Waals surface area (Å²) in [4.78, 5) is 35.8. The smallest absolute Gasteiger partial charge is 0.326 e. The molecule has 1 aliphatic rings. The van der Waals surface area contributed by atoms with Crippen LogP contribution in [0.4, 0.5) is 0 Å². The van der Waals surface area contributed by atoms with Gasteiger partial charge in [0, 0.05) is 12.5 Å². The lowest BCUT2D eigenvalue weighted by molar-refractivity contribution is -0.143. The maximum atomic E-state index is 12.4. The Morgan fingerprint density at radius 3 is 2.19 bits per heavy atom. The second-order valence-electron chi connectivity index (χ2n) is 8.40. The molecule has 1 rings (SSSR count). The van der Waals surface area contributed by atoms with Crippen LogP contribution in [0.15, 0.2) is 0 Å². The number of amides is 2. The third kappa shape index (κ3) is 7.87. The Morgan fingerprint density at radius 1 is 1.11 bits per heavy atom. The van der Waals surface area contributed by atoms with Crippen molar-refractivity contribution in [2.45, 2.75) is 78.3 Å². The Balaban J connectivity index is 2.39. The maximum absolute atomic E-state index is 12.4. The van der Waals surface area contributed by atoms with E-state index in [2.05, 4.69) is 10.6 Å². The van der Waals surface area contributed by atoms with Gasteiger partial charge < -0.3 is 21.5 Å².